The van der Waals surface area contributed by atoms with E-state index in [0.717, 1.165) is 17.3 Å². The Labute approximate surface area is 198 Å². The summed E-state index contributed by atoms with van der Waals surface area (Å²) in [5.41, 5.74) is 2.38. The van der Waals surface area contributed by atoms with Crippen molar-refractivity contribution in [2.75, 3.05) is 10.6 Å². The Morgan fingerprint density at radius 1 is 1.12 bits per heavy atom. The molecule has 11 heteroatoms. The monoisotopic (exact) mass is 491 g/mol. The van der Waals surface area contributed by atoms with Crippen molar-refractivity contribution >= 4 is 74.9 Å². The van der Waals surface area contributed by atoms with Crippen LogP contribution in [0.25, 0.3) is 0 Å². The van der Waals surface area contributed by atoms with Gasteiger partial charge in [0.2, 0.25) is 17.7 Å². The first-order chi connectivity index (χ1) is 15.2. The predicted molar refractivity (Wildman–Crippen MR) is 130 cm³/mol. The molecule has 0 spiro atoms. The number of carbonyl (C=O) groups excluding carboxylic acids is 3. The summed E-state index contributed by atoms with van der Waals surface area (Å²) in [7, 11) is 0. The van der Waals surface area contributed by atoms with Crippen molar-refractivity contribution in [1.82, 2.24) is 5.32 Å². The van der Waals surface area contributed by atoms with Gasteiger partial charge in [0.15, 0.2) is 5.17 Å². The van der Waals surface area contributed by atoms with Crippen molar-refractivity contribution < 1.29 is 14.4 Å². The van der Waals surface area contributed by atoms with E-state index in [1.807, 2.05) is 6.07 Å². The molecule has 0 saturated carbocycles. The number of rotatable bonds is 6. The van der Waals surface area contributed by atoms with E-state index in [1.165, 1.54) is 6.92 Å². The van der Waals surface area contributed by atoms with Gasteiger partial charge in [0.05, 0.1) is 21.4 Å². The number of benzene rings is 2. The van der Waals surface area contributed by atoms with Gasteiger partial charge in [-0.3, -0.25) is 14.4 Å². The number of nitrogens with one attached hydrogen (secondary N) is 3. The van der Waals surface area contributed by atoms with Gasteiger partial charge >= 0.3 is 0 Å². The molecule has 1 atom stereocenters. The zero-order valence-corrected chi connectivity index (χ0v) is 19.4. The van der Waals surface area contributed by atoms with Crippen LogP contribution >= 0.6 is 35.0 Å². The standard InChI is InChI=1S/C21H19Cl2N5O3S/c1-11(13-5-3-6-14(9-13)24-12(2)29)27-28-21-26-20(31)17(32-21)10-18(30)25-16-8-4-7-15(22)19(16)23/h3-9,17H,10H2,1-2H3,(H,24,29)(H,25,30)(H,26,28,31). The smallest absolute Gasteiger partial charge is 0.240 e. The number of amidine groups is 1. The number of carbonyl (C=O) groups is 3. The Hall–Kier alpha value is -2.88. The van der Waals surface area contributed by atoms with E-state index in [9.17, 15) is 14.4 Å². The van der Waals surface area contributed by atoms with E-state index in [2.05, 4.69) is 26.2 Å². The van der Waals surface area contributed by atoms with Crippen molar-refractivity contribution in [3.05, 3.63) is 58.1 Å². The Bertz CT molecular complexity index is 1140. The Morgan fingerprint density at radius 3 is 2.62 bits per heavy atom. The average Bonchev–Trinajstić information content (AvgIpc) is 3.08. The minimum absolute atomic E-state index is 0.0696. The number of hydrogen-bond acceptors (Lipinski definition) is 6. The third-order valence-corrected chi connectivity index (χ3v) is 6.16. The second kappa shape index (κ2) is 10.6. The summed E-state index contributed by atoms with van der Waals surface area (Å²) in [4.78, 5) is 35.8. The molecule has 166 valence electrons. The van der Waals surface area contributed by atoms with Crippen molar-refractivity contribution in [3.8, 4) is 0 Å². The summed E-state index contributed by atoms with van der Waals surface area (Å²) in [6.07, 6.45) is -0.0696. The van der Waals surface area contributed by atoms with Crippen molar-refractivity contribution in [3.63, 3.8) is 0 Å². The van der Waals surface area contributed by atoms with E-state index in [0.29, 0.717) is 27.3 Å². The minimum Gasteiger partial charge on any atom is -0.326 e. The average molecular weight is 492 g/mol. The number of amides is 3. The van der Waals surface area contributed by atoms with Gasteiger partial charge in [0.25, 0.3) is 0 Å². The molecule has 1 unspecified atom stereocenters. The number of anilines is 2. The molecule has 32 heavy (non-hydrogen) atoms. The zero-order chi connectivity index (χ0) is 23.3. The molecule has 3 rings (SSSR count). The van der Waals surface area contributed by atoms with Crippen LogP contribution in [-0.4, -0.2) is 33.9 Å². The Kier molecular flexibility index (Phi) is 7.89. The second-order valence-corrected chi connectivity index (χ2v) is 8.78. The third kappa shape index (κ3) is 6.32. The first kappa shape index (κ1) is 23.8. The summed E-state index contributed by atoms with van der Waals surface area (Å²) in [5.74, 6) is -0.881. The lowest BCUT2D eigenvalue weighted by Gasteiger charge is -2.09. The fraction of sp³-hybridized carbons (Fsp3) is 0.190. The van der Waals surface area contributed by atoms with Gasteiger partial charge in [-0.05, 0) is 36.8 Å². The molecule has 2 aromatic carbocycles. The van der Waals surface area contributed by atoms with E-state index in [1.54, 1.807) is 43.3 Å². The molecule has 2 aromatic rings. The molecule has 3 N–H and O–H groups in total. The highest BCUT2D eigenvalue weighted by molar-refractivity contribution is 8.15. The van der Waals surface area contributed by atoms with E-state index in [4.69, 9.17) is 23.2 Å². The number of nitrogens with zero attached hydrogens (tertiary/aromatic N) is 2. The maximum Gasteiger partial charge on any atom is 0.240 e. The Morgan fingerprint density at radius 2 is 1.88 bits per heavy atom. The van der Waals surface area contributed by atoms with E-state index in [-0.39, 0.29) is 29.2 Å². The van der Waals surface area contributed by atoms with Crippen molar-refractivity contribution in [2.45, 2.75) is 25.5 Å². The summed E-state index contributed by atoms with van der Waals surface area (Å²) in [6.45, 7) is 3.19. The maximum atomic E-state index is 12.3. The molecule has 0 radical (unpaired) electrons. The lowest BCUT2D eigenvalue weighted by Crippen LogP contribution is -2.28. The molecular formula is C21H19Cl2N5O3S. The van der Waals surface area contributed by atoms with Crippen LogP contribution < -0.4 is 16.0 Å². The van der Waals surface area contributed by atoms with Crippen LogP contribution in [0.4, 0.5) is 11.4 Å². The molecule has 0 aliphatic carbocycles. The fourth-order valence-electron chi connectivity index (χ4n) is 2.76. The van der Waals surface area contributed by atoms with E-state index >= 15 is 0 Å². The molecule has 1 fully saturated rings. The van der Waals surface area contributed by atoms with Crippen LogP contribution in [0.3, 0.4) is 0 Å². The first-order valence-corrected chi connectivity index (χ1v) is 11.1. The van der Waals surface area contributed by atoms with Crippen LogP contribution in [-0.2, 0) is 14.4 Å². The van der Waals surface area contributed by atoms with Gasteiger partial charge in [-0.15, -0.1) is 5.10 Å². The normalized spacial score (nSPS) is 17.2. The zero-order valence-electron chi connectivity index (χ0n) is 17.1. The minimum atomic E-state index is -0.648. The molecule has 8 nitrogen and oxygen atoms in total. The van der Waals surface area contributed by atoms with Gasteiger partial charge in [0.1, 0.15) is 5.25 Å². The van der Waals surface area contributed by atoms with Crippen LogP contribution in [0.1, 0.15) is 25.8 Å². The summed E-state index contributed by atoms with van der Waals surface area (Å²) in [6, 6.07) is 12.1. The Balaban J connectivity index is 1.62. The van der Waals surface area contributed by atoms with Crippen LogP contribution in [0.2, 0.25) is 10.0 Å². The van der Waals surface area contributed by atoms with Gasteiger partial charge in [-0.1, -0.05) is 53.2 Å². The van der Waals surface area contributed by atoms with Crippen molar-refractivity contribution in [2.24, 2.45) is 10.2 Å². The quantitative estimate of drug-likeness (QED) is 0.413. The lowest BCUT2D eigenvalue weighted by molar-refractivity contribution is -0.122. The van der Waals surface area contributed by atoms with Crippen LogP contribution in [0.15, 0.2) is 52.7 Å². The van der Waals surface area contributed by atoms with Crippen LogP contribution in [0.5, 0.6) is 0 Å². The fourth-order valence-corrected chi connectivity index (χ4v) is 4.03. The molecule has 3 amide bonds. The molecule has 1 aliphatic heterocycles. The largest absolute Gasteiger partial charge is 0.326 e. The highest BCUT2D eigenvalue weighted by Crippen LogP contribution is 2.30. The van der Waals surface area contributed by atoms with Crippen LogP contribution in [0, 0.1) is 0 Å². The van der Waals surface area contributed by atoms with Gasteiger partial charge < -0.3 is 16.0 Å². The molecule has 1 heterocycles. The van der Waals surface area contributed by atoms with Gasteiger partial charge in [0, 0.05) is 19.0 Å². The summed E-state index contributed by atoms with van der Waals surface area (Å²) >= 11 is 13.1. The molecular weight excluding hydrogens is 473 g/mol. The number of thioether (sulfide) groups is 1. The predicted octanol–water partition coefficient (Wildman–Crippen LogP) is 4.29. The third-order valence-electron chi connectivity index (χ3n) is 4.26. The highest BCUT2D eigenvalue weighted by atomic mass is 35.5. The topological polar surface area (TPSA) is 112 Å². The summed E-state index contributed by atoms with van der Waals surface area (Å²) in [5, 5.41) is 16.4. The number of hydrogen-bond donors (Lipinski definition) is 3. The SMILES string of the molecule is CC(=O)Nc1cccc(C(C)=N/N=C2\NC(=O)C(CC(=O)Nc3cccc(Cl)c3Cl)S2)c1. The van der Waals surface area contributed by atoms with Gasteiger partial charge in [-0.25, -0.2) is 0 Å². The molecule has 0 aromatic heterocycles. The molecule has 0 bridgehead atoms. The lowest BCUT2D eigenvalue weighted by atomic mass is 10.1. The molecule has 1 aliphatic rings. The second-order valence-electron chi connectivity index (χ2n) is 6.80. The molecule has 1 saturated heterocycles. The first-order valence-electron chi connectivity index (χ1n) is 9.44. The van der Waals surface area contributed by atoms with Gasteiger partial charge in [-0.2, -0.15) is 5.10 Å². The highest BCUT2D eigenvalue weighted by Gasteiger charge is 2.32. The van der Waals surface area contributed by atoms with E-state index < -0.39 is 5.25 Å². The summed E-state index contributed by atoms with van der Waals surface area (Å²) < 4.78 is 0. The van der Waals surface area contributed by atoms with Crippen molar-refractivity contribution in [1.29, 1.82) is 0 Å². The maximum absolute atomic E-state index is 12.3. The number of halogens is 2.